The van der Waals surface area contributed by atoms with Gasteiger partial charge in [0.15, 0.2) is 0 Å². The second-order valence-electron chi connectivity index (χ2n) is 4.90. The van der Waals surface area contributed by atoms with E-state index in [-0.39, 0.29) is 16.9 Å². The number of hydrogen-bond donors (Lipinski definition) is 0. The van der Waals surface area contributed by atoms with E-state index in [1.54, 1.807) is 0 Å². The molecule has 0 aliphatic carbocycles. The van der Waals surface area contributed by atoms with Crippen molar-refractivity contribution in [2.75, 3.05) is 21.2 Å². The average molecular weight is 334 g/mol. The molecule has 1 aromatic rings. The van der Waals surface area contributed by atoms with Crippen molar-refractivity contribution in [3.63, 3.8) is 0 Å². The van der Waals surface area contributed by atoms with E-state index in [0.717, 1.165) is 29.1 Å². The van der Waals surface area contributed by atoms with Gasteiger partial charge in [-0.2, -0.15) is 0 Å². The second-order valence-corrected chi connectivity index (χ2v) is 4.90. The molecule has 24 heavy (non-hydrogen) atoms. The lowest BCUT2D eigenvalue weighted by molar-refractivity contribution is -0.398. The molecule has 126 valence electrons. The van der Waals surface area contributed by atoms with Crippen LogP contribution in [0, 0.1) is 10.1 Å². The summed E-state index contributed by atoms with van der Waals surface area (Å²) >= 11 is 0. The highest BCUT2D eigenvalue weighted by atomic mass is 16.6. The minimum atomic E-state index is -0.921. The molecule has 1 aliphatic rings. The molecular formula is C14H12N3O7-. The molecule has 0 bridgehead atoms. The van der Waals surface area contributed by atoms with Gasteiger partial charge in [-0.05, 0) is 17.7 Å². The highest BCUT2D eigenvalue weighted by molar-refractivity contribution is 6.30. The van der Waals surface area contributed by atoms with Crippen LogP contribution in [0.2, 0.25) is 0 Å². The smallest absolute Gasteiger partial charge is 0.333 e. The Morgan fingerprint density at radius 3 is 2.12 bits per heavy atom. The molecule has 0 radical (unpaired) electrons. The average Bonchev–Trinajstić information content (AvgIpc) is 2.56. The van der Waals surface area contributed by atoms with Crippen molar-refractivity contribution < 1.29 is 29.2 Å². The lowest BCUT2D eigenvalue weighted by Gasteiger charge is -2.28. The Bertz CT molecular complexity index is 774. The summed E-state index contributed by atoms with van der Waals surface area (Å²) < 4.78 is 4.79. The van der Waals surface area contributed by atoms with Gasteiger partial charge in [-0.1, -0.05) is 0 Å². The molecule has 0 saturated carbocycles. The van der Waals surface area contributed by atoms with Gasteiger partial charge in [0.1, 0.15) is 11.3 Å². The summed E-state index contributed by atoms with van der Waals surface area (Å²) in [5, 5.41) is 22.7. The van der Waals surface area contributed by atoms with Crippen LogP contribution in [0.4, 0.5) is 10.5 Å². The van der Waals surface area contributed by atoms with Crippen molar-refractivity contribution in [3.05, 3.63) is 33.4 Å². The number of nitro benzene ring substituents is 1. The topological polar surface area (TPSA) is 133 Å². The van der Waals surface area contributed by atoms with Crippen LogP contribution in [-0.4, -0.2) is 53.8 Å². The first-order chi connectivity index (χ1) is 11.2. The van der Waals surface area contributed by atoms with E-state index in [1.165, 1.54) is 20.2 Å². The molecule has 0 N–H and O–H groups in total. The first-order valence-electron chi connectivity index (χ1n) is 6.54. The van der Waals surface area contributed by atoms with Gasteiger partial charge < -0.3 is 9.84 Å². The summed E-state index contributed by atoms with van der Waals surface area (Å²) in [5.41, 5.74) is -1.07. The van der Waals surface area contributed by atoms with Crippen LogP contribution in [0.5, 0.6) is 11.5 Å². The van der Waals surface area contributed by atoms with Gasteiger partial charge in [0.2, 0.25) is 0 Å². The number of urea groups is 1. The Morgan fingerprint density at radius 1 is 1.12 bits per heavy atom. The predicted octanol–water partition coefficient (Wildman–Crippen LogP) is 0.111. The van der Waals surface area contributed by atoms with Gasteiger partial charge in [0, 0.05) is 25.9 Å². The Kier molecular flexibility index (Phi) is 4.22. The summed E-state index contributed by atoms with van der Waals surface area (Å²) in [6, 6.07) is 1.30. The summed E-state index contributed by atoms with van der Waals surface area (Å²) in [5.74, 6) is -2.92. The number of methoxy groups -OCH3 is 1. The molecule has 0 spiro atoms. The van der Waals surface area contributed by atoms with Crippen molar-refractivity contribution >= 4 is 29.6 Å². The fourth-order valence-corrected chi connectivity index (χ4v) is 2.12. The first kappa shape index (κ1) is 16.9. The number of rotatable bonds is 3. The summed E-state index contributed by atoms with van der Waals surface area (Å²) in [7, 11) is 3.56. The third kappa shape index (κ3) is 2.64. The molecule has 10 heteroatoms. The van der Waals surface area contributed by atoms with E-state index in [2.05, 4.69) is 0 Å². The van der Waals surface area contributed by atoms with Crippen LogP contribution in [-0.2, 0) is 9.59 Å². The summed E-state index contributed by atoms with van der Waals surface area (Å²) in [6.45, 7) is 0. The number of nitro groups is 1. The number of hydrogen-bond acceptors (Lipinski definition) is 7. The standard InChI is InChI=1S/C14H13N3O7/c1-15-12(19)8(13(20)16(2)14(15)21)4-7-5-9(17(22)23)11(18)10(6-7)24-3/h4-6,18H,1-3H3/p-1. The Labute approximate surface area is 135 Å². The molecule has 0 aromatic heterocycles. The summed E-state index contributed by atoms with van der Waals surface area (Å²) in [4.78, 5) is 47.4. The number of benzene rings is 1. The van der Waals surface area contributed by atoms with E-state index in [4.69, 9.17) is 4.74 Å². The fraction of sp³-hybridized carbons (Fsp3) is 0.214. The lowest BCUT2D eigenvalue weighted by atomic mass is 10.1. The van der Waals surface area contributed by atoms with Crippen molar-refractivity contribution in [3.8, 4) is 11.5 Å². The van der Waals surface area contributed by atoms with E-state index < -0.39 is 34.2 Å². The van der Waals surface area contributed by atoms with E-state index in [9.17, 15) is 29.6 Å². The zero-order valence-corrected chi connectivity index (χ0v) is 12.9. The maximum absolute atomic E-state index is 12.1. The highest BCUT2D eigenvalue weighted by Crippen LogP contribution is 2.35. The molecule has 10 nitrogen and oxygen atoms in total. The van der Waals surface area contributed by atoms with E-state index >= 15 is 0 Å². The zero-order valence-electron chi connectivity index (χ0n) is 12.9. The molecule has 0 unspecified atom stereocenters. The van der Waals surface area contributed by atoms with Crippen LogP contribution in [0.1, 0.15) is 5.56 Å². The van der Waals surface area contributed by atoms with Crippen molar-refractivity contribution in [1.29, 1.82) is 0 Å². The van der Waals surface area contributed by atoms with Gasteiger partial charge in [-0.3, -0.25) is 29.5 Å². The van der Waals surface area contributed by atoms with Crippen LogP contribution >= 0.6 is 0 Å². The van der Waals surface area contributed by atoms with Crippen molar-refractivity contribution in [2.24, 2.45) is 0 Å². The maximum Gasteiger partial charge on any atom is 0.333 e. The Balaban J connectivity index is 2.60. The number of ether oxygens (including phenoxy) is 1. The van der Waals surface area contributed by atoms with Crippen LogP contribution < -0.4 is 9.84 Å². The van der Waals surface area contributed by atoms with Crippen LogP contribution in [0.15, 0.2) is 17.7 Å². The Morgan fingerprint density at radius 2 is 1.67 bits per heavy atom. The van der Waals surface area contributed by atoms with Gasteiger partial charge >= 0.3 is 6.03 Å². The van der Waals surface area contributed by atoms with Gasteiger partial charge in [0.25, 0.3) is 17.5 Å². The first-order valence-corrected chi connectivity index (χ1v) is 6.54. The molecule has 0 atom stereocenters. The highest BCUT2D eigenvalue weighted by Gasteiger charge is 2.37. The van der Waals surface area contributed by atoms with Gasteiger partial charge in [-0.25, -0.2) is 4.79 Å². The molecule has 1 heterocycles. The maximum atomic E-state index is 12.1. The lowest BCUT2D eigenvalue weighted by Crippen LogP contribution is -2.52. The SMILES string of the molecule is COc1cc(C=C2C(=O)N(C)C(=O)N(C)C2=O)cc([N+](=O)[O-])c1[O-]. The van der Waals surface area contributed by atoms with Gasteiger partial charge in [0.05, 0.1) is 12.0 Å². The third-order valence-electron chi connectivity index (χ3n) is 3.43. The third-order valence-corrected chi connectivity index (χ3v) is 3.43. The quantitative estimate of drug-likeness (QED) is 0.331. The zero-order chi connectivity index (χ0) is 18.2. The molecule has 1 fully saturated rings. The number of carbonyl (C=O) groups excluding carboxylic acids is 3. The van der Waals surface area contributed by atoms with E-state index in [0.29, 0.717) is 0 Å². The molecule has 1 aliphatic heterocycles. The molecule has 4 amide bonds. The number of imide groups is 2. The minimum absolute atomic E-state index is 0.0472. The Hall–Kier alpha value is -3.43. The predicted molar refractivity (Wildman–Crippen MR) is 78.0 cm³/mol. The summed E-state index contributed by atoms with van der Waals surface area (Å²) in [6.07, 6.45) is 1.07. The van der Waals surface area contributed by atoms with Gasteiger partial charge in [-0.15, -0.1) is 0 Å². The number of barbiturate groups is 1. The molecule has 2 rings (SSSR count). The van der Waals surface area contributed by atoms with Crippen molar-refractivity contribution in [2.45, 2.75) is 0 Å². The molecule has 1 aromatic carbocycles. The normalized spacial score (nSPS) is 15.0. The molecule has 1 saturated heterocycles. The van der Waals surface area contributed by atoms with Crippen LogP contribution in [0.3, 0.4) is 0 Å². The molecular weight excluding hydrogens is 322 g/mol. The number of likely N-dealkylation sites (N-methyl/N-ethyl adjacent to an activating group) is 2. The number of carbonyl (C=O) groups is 3. The van der Waals surface area contributed by atoms with Crippen LogP contribution in [0.25, 0.3) is 6.08 Å². The second kappa shape index (κ2) is 5.99. The number of amides is 4. The number of nitrogens with zero attached hydrogens (tertiary/aromatic N) is 3. The minimum Gasteiger partial charge on any atom is -0.865 e. The van der Waals surface area contributed by atoms with Crippen molar-refractivity contribution in [1.82, 2.24) is 9.80 Å². The fourth-order valence-electron chi connectivity index (χ4n) is 2.12. The largest absolute Gasteiger partial charge is 0.865 e. The van der Waals surface area contributed by atoms with E-state index in [1.807, 2.05) is 0 Å². The monoisotopic (exact) mass is 334 g/mol.